The molecule has 0 spiro atoms. The number of phenols is 1. The molecule has 32 heavy (non-hydrogen) atoms. The van der Waals surface area contributed by atoms with Gasteiger partial charge in [0.2, 0.25) is 0 Å². The van der Waals surface area contributed by atoms with Crippen LogP contribution in [0.3, 0.4) is 0 Å². The van der Waals surface area contributed by atoms with E-state index >= 15 is 0 Å². The number of aromatic hydroxyl groups is 1. The van der Waals surface area contributed by atoms with Crippen molar-refractivity contribution in [2.45, 2.75) is 27.2 Å². The monoisotopic (exact) mass is 437 g/mol. The van der Waals surface area contributed by atoms with E-state index in [-0.39, 0.29) is 23.2 Å². The molecular formula is C23H27N5O4. The molecule has 1 aromatic carbocycles. The Kier molecular flexibility index (Phi) is 6.77. The highest BCUT2D eigenvalue weighted by Crippen LogP contribution is 2.35. The van der Waals surface area contributed by atoms with Crippen molar-refractivity contribution in [1.29, 1.82) is 0 Å². The van der Waals surface area contributed by atoms with Gasteiger partial charge in [0.1, 0.15) is 11.5 Å². The highest BCUT2D eigenvalue weighted by Gasteiger charge is 2.20. The molecule has 1 aromatic heterocycles. The number of benzene rings is 1. The van der Waals surface area contributed by atoms with Crippen molar-refractivity contribution in [3.05, 3.63) is 58.7 Å². The van der Waals surface area contributed by atoms with Crippen LogP contribution in [0.15, 0.2) is 52.4 Å². The second-order valence-corrected chi connectivity index (χ2v) is 7.67. The van der Waals surface area contributed by atoms with Gasteiger partial charge in [-0.3, -0.25) is 9.79 Å². The maximum atomic E-state index is 12.4. The molecule has 9 heteroatoms. The number of H-pyrrole nitrogens is 1. The normalized spacial score (nSPS) is 14.8. The summed E-state index contributed by atoms with van der Waals surface area (Å²) in [5.74, 6) is -0.386. The summed E-state index contributed by atoms with van der Waals surface area (Å²) in [5, 5.41) is 17.1. The summed E-state index contributed by atoms with van der Waals surface area (Å²) in [5.41, 5.74) is 1.90. The molecule has 0 saturated carbocycles. The number of likely N-dealkylation sites (N-methyl/N-ethyl adjacent to an activating group) is 1. The van der Waals surface area contributed by atoms with Crippen molar-refractivity contribution in [3.63, 3.8) is 0 Å². The van der Waals surface area contributed by atoms with Gasteiger partial charge in [0, 0.05) is 24.5 Å². The van der Waals surface area contributed by atoms with Crippen molar-refractivity contribution >= 4 is 18.0 Å². The van der Waals surface area contributed by atoms with Gasteiger partial charge in [0.05, 0.1) is 24.4 Å². The zero-order valence-electron chi connectivity index (χ0n) is 18.6. The summed E-state index contributed by atoms with van der Waals surface area (Å²) < 4.78 is 6.69. The Labute approximate surface area is 186 Å². The summed E-state index contributed by atoms with van der Waals surface area (Å²) in [6.07, 6.45) is 7.62. The molecule has 0 bridgehead atoms. The summed E-state index contributed by atoms with van der Waals surface area (Å²) in [7, 11) is 1.90. The highest BCUT2D eigenvalue weighted by atomic mass is 16.5. The van der Waals surface area contributed by atoms with Crippen LogP contribution >= 0.6 is 0 Å². The summed E-state index contributed by atoms with van der Waals surface area (Å²) in [6.45, 7) is 9.93. The quantitative estimate of drug-likeness (QED) is 0.391. The smallest absolute Gasteiger partial charge is 0.348 e. The Hall–Kier alpha value is -3.88. The minimum atomic E-state index is -0.489. The predicted molar refractivity (Wildman–Crippen MR) is 123 cm³/mol. The van der Waals surface area contributed by atoms with Gasteiger partial charge in [-0.05, 0) is 30.2 Å². The van der Waals surface area contributed by atoms with Gasteiger partial charge < -0.3 is 14.7 Å². The summed E-state index contributed by atoms with van der Waals surface area (Å²) >= 11 is 0. The number of carbonyl (C=O) groups is 1. The number of nitrogens with zero attached hydrogens (tertiary/aromatic N) is 4. The average molecular weight is 438 g/mol. The Bertz CT molecular complexity index is 1180. The molecule has 0 unspecified atom stereocenters. The highest BCUT2D eigenvalue weighted by molar-refractivity contribution is 5.77. The van der Waals surface area contributed by atoms with Gasteiger partial charge in [-0.2, -0.15) is 5.10 Å². The fourth-order valence-corrected chi connectivity index (χ4v) is 3.09. The first kappa shape index (κ1) is 22.8. The number of esters is 1. The van der Waals surface area contributed by atoms with Crippen LogP contribution in [-0.2, 0) is 11.2 Å². The fraction of sp³-hybridized carbons (Fsp3) is 0.304. The Morgan fingerprint density at radius 3 is 2.78 bits per heavy atom. The molecule has 3 rings (SSSR count). The standard InChI is InChI=1S/C23H27N5O4/c1-6-16-10-18(19(29)11-20(16)32-22(30)14(2)3)21-25-26-23(31)28(21)15(4)8-7-9-17-12-24-13-27(17)5/h7-11,13-14,29H,4,6,12H2,1-3,5H3,(H,26,31)/b8-7-,17-9+. The molecule has 0 saturated heterocycles. The molecule has 2 heterocycles. The molecule has 168 valence electrons. The number of aliphatic imine (C=N–C) groups is 1. The van der Waals surface area contributed by atoms with Crippen LogP contribution in [-0.4, -0.2) is 50.7 Å². The summed E-state index contributed by atoms with van der Waals surface area (Å²) in [4.78, 5) is 30.5. The number of aryl methyl sites for hydroxylation is 1. The third-order valence-electron chi connectivity index (χ3n) is 4.98. The lowest BCUT2D eigenvalue weighted by molar-refractivity contribution is -0.137. The topological polar surface area (TPSA) is 113 Å². The van der Waals surface area contributed by atoms with Crippen molar-refractivity contribution in [2.24, 2.45) is 10.9 Å². The Morgan fingerprint density at radius 2 is 2.16 bits per heavy atom. The average Bonchev–Trinajstić information content (AvgIpc) is 3.33. The lowest BCUT2D eigenvalue weighted by atomic mass is 10.1. The van der Waals surface area contributed by atoms with Crippen LogP contribution in [0.25, 0.3) is 17.1 Å². The number of aromatic nitrogens is 3. The number of aromatic amines is 1. The van der Waals surface area contributed by atoms with Crippen LogP contribution in [0.2, 0.25) is 0 Å². The van der Waals surface area contributed by atoms with Crippen molar-refractivity contribution in [2.75, 3.05) is 13.6 Å². The molecule has 1 aliphatic rings. The van der Waals surface area contributed by atoms with Gasteiger partial charge in [0.15, 0.2) is 5.82 Å². The van der Waals surface area contributed by atoms with Gasteiger partial charge >= 0.3 is 11.7 Å². The number of carbonyl (C=O) groups excluding carboxylic acids is 1. The van der Waals surface area contributed by atoms with E-state index in [0.717, 1.165) is 5.70 Å². The minimum absolute atomic E-state index is 0.169. The minimum Gasteiger partial charge on any atom is -0.507 e. The maximum Gasteiger partial charge on any atom is 0.348 e. The lowest BCUT2D eigenvalue weighted by Gasteiger charge is -2.14. The number of nitrogens with one attached hydrogen (secondary N) is 1. The predicted octanol–water partition coefficient (Wildman–Crippen LogP) is 2.95. The van der Waals surface area contributed by atoms with Crippen molar-refractivity contribution in [1.82, 2.24) is 19.7 Å². The lowest BCUT2D eigenvalue weighted by Crippen LogP contribution is -2.16. The van der Waals surface area contributed by atoms with E-state index < -0.39 is 11.7 Å². The zero-order valence-corrected chi connectivity index (χ0v) is 18.6. The molecule has 1 aliphatic heterocycles. The van der Waals surface area contributed by atoms with Crippen LogP contribution in [0.5, 0.6) is 11.5 Å². The molecule has 0 amide bonds. The first-order chi connectivity index (χ1) is 15.2. The molecule has 0 fully saturated rings. The van der Waals surface area contributed by atoms with Crippen LogP contribution < -0.4 is 10.4 Å². The molecule has 0 atom stereocenters. The Balaban J connectivity index is 1.95. The molecule has 9 nitrogen and oxygen atoms in total. The van der Waals surface area contributed by atoms with E-state index in [0.29, 0.717) is 29.8 Å². The largest absolute Gasteiger partial charge is 0.507 e. The number of hydrogen-bond acceptors (Lipinski definition) is 7. The number of ether oxygens (including phenoxy) is 1. The van der Waals surface area contributed by atoms with E-state index in [4.69, 9.17) is 4.74 Å². The first-order valence-corrected chi connectivity index (χ1v) is 10.3. The maximum absolute atomic E-state index is 12.4. The second-order valence-electron chi connectivity index (χ2n) is 7.67. The fourth-order valence-electron chi connectivity index (χ4n) is 3.09. The molecule has 2 N–H and O–H groups in total. The van der Waals surface area contributed by atoms with Gasteiger partial charge in [-0.1, -0.05) is 33.4 Å². The van der Waals surface area contributed by atoms with Crippen LogP contribution in [0.1, 0.15) is 26.3 Å². The number of allylic oxidation sites excluding steroid dienone is 4. The van der Waals surface area contributed by atoms with E-state index in [2.05, 4.69) is 21.8 Å². The zero-order chi connectivity index (χ0) is 23.4. The van der Waals surface area contributed by atoms with E-state index in [1.807, 2.05) is 24.9 Å². The van der Waals surface area contributed by atoms with E-state index in [1.54, 1.807) is 38.4 Å². The first-order valence-electron chi connectivity index (χ1n) is 10.3. The van der Waals surface area contributed by atoms with E-state index in [1.165, 1.54) is 10.6 Å². The Morgan fingerprint density at radius 1 is 1.41 bits per heavy atom. The number of rotatable bonds is 7. The van der Waals surface area contributed by atoms with Gasteiger partial charge in [0.25, 0.3) is 0 Å². The van der Waals surface area contributed by atoms with Crippen molar-refractivity contribution in [3.8, 4) is 22.9 Å². The third kappa shape index (κ3) is 4.72. The molecule has 0 aliphatic carbocycles. The van der Waals surface area contributed by atoms with Crippen LogP contribution in [0, 0.1) is 5.92 Å². The molecule has 2 aromatic rings. The SMILES string of the molecule is C=C(/C=C\C=C1/CN=CN1C)n1c(-c2cc(CC)c(OC(=O)C(C)C)cc2O)n[nH]c1=O. The molecule has 0 radical (unpaired) electrons. The number of hydrogen-bond donors (Lipinski definition) is 2. The third-order valence-corrected chi connectivity index (χ3v) is 4.98. The van der Waals surface area contributed by atoms with Gasteiger partial charge in [-0.25, -0.2) is 14.5 Å². The molecular weight excluding hydrogens is 410 g/mol. The van der Waals surface area contributed by atoms with Crippen molar-refractivity contribution < 1.29 is 14.6 Å². The van der Waals surface area contributed by atoms with Crippen LogP contribution in [0.4, 0.5) is 0 Å². The van der Waals surface area contributed by atoms with E-state index in [9.17, 15) is 14.7 Å². The number of phenolic OH excluding ortho intramolecular Hbond substituents is 1. The van der Waals surface area contributed by atoms with Gasteiger partial charge in [-0.15, -0.1) is 0 Å². The summed E-state index contributed by atoms with van der Waals surface area (Å²) in [6, 6.07) is 3.03. The second kappa shape index (κ2) is 9.51.